The molecule has 0 spiro atoms. The van der Waals surface area contributed by atoms with Crippen LogP contribution in [0.2, 0.25) is 0 Å². The van der Waals surface area contributed by atoms with Crippen LogP contribution in [-0.2, 0) is 0 Å². The van der Waals surface area contributed by atoms with Gasteiger partial charge in [0, 0.05) is 38.1 Å². The zero-order chi connectivity index (χ0) is 23.6. The zero-order valence-corrected chi connectivity index (χ0v) is 20.0. The van der Waals surface area contributed by atoms with E-state index in [9.17, 15) is 9.59 Å². The Balaban J connectivity index is 1.57. The minimum absolute atomic E-state index is 0.131. The molecule has 0 unspecified atom stereocenters. The monoisotopic (exact) mass is 469 g/mol. The summed E-state index contributed by atoms with van der Waals surface area (Å²) in [7, 11) is 2.02. The first-order chi connectivity index (χ1) is 16.0. The van der Waals surface area contributed by atoms with Crippen molar-refractivity contribution in [2.45, 2.75) is 26.2 Å². The SMILES string of the molecule is CCCCCOc1ccc(NC(=S)NC(=O)c2cccnc2C(=O)N2CCN(C)CC2)cc1. The van der Waals surface area contributed by atoms with E-state index >= 15 is 0 Å². The number of anilines is 1. The molecule has 2 N–H and O–H groups in total. The summed E-state index contributed by atoms with van der Waals surface area (Å²) in [5, 5.41) is 5.77. The summed E-state index contributed by atoms with van der Waals surface area (Å²) in [5.74, 6) is 0.0604. The largest absolute Gasteiger partial charge is 0.494 e. The first-order valence-electron chi connectivity index (χ1n) is 11.3. The minimum Gasteiger partial charge on any atom is -0.494 e. The van der Waals surface area contributed by atoms with Crippen molar-refractivity contribution in [1.82, 2.24) is 20.1 Å². The van der Waals surface area contributed by atoms with Gasteiger partial charge in [-0.25, -0.2) is 0 Å². The number of likely N-dealkylation sites (N-methyl/N-ethyl adjacent to an activating group) is 1. The van der Waals surface area contributed by atoms with Crippen molar-refractivity contribution in [2.75, 3.05) is 45.2 Å². The lowest BCUT2D eigenvalue weighted by Crippen LogP contribution is -2.47. The molecule has 9 heteroatoms. The highest BCUT2D eigenvalue weighted by Gasteiger charge is 2.25. The van der Waals surface area contributed by atoms with Crippen LogP contribution in [0.1, 0.15) is 47.0 Å². The van der Waals surface area contributed by atoms with Gasteiger partial charge < -0.3 is 19.9 Å². The van der Waals surface area contributed by atoms with Gasteiger partial charge in [-0.2, -0.15) is 0 Å². The number of thiocarbonyl (C=S) groups is 1. The van der Waals surface area contributed by atoms with Gasteiger partial charge >= 0.3 is 0 Å². The maximum Gasteiger partial charge on any atom is 0.273 e. The Morgan fingerprint density at radius 1 is 1.09 bits per heavy atom. The molecule has 2 heterocycles. The average molecular weight is 470 g/mol. The molecule has 3 rings (SSSR count). The molecule has 1 aliphatic heterocycles. The van der Waals surface area contributed by atoms with E-state index < -0.39 is 5.91 Å². The van der Waals surface area contributed by atoms with E-state index in [0.717, 1.165) is 43.8 Å². The molecule has 176 valence electrons. The number of hydrogen-bond acceptors (Lipinski definition) is 6. The first-order valence-corrected chi connectivity index (χ1v) is 11.7. The number of carbonyl (C=O) groups is 2. The first kappa shape index (κ1) is 24.6. The Kier molecular flexibility index (Phi) is 9.14. The fraction of sp³-hybridized carbons (Fsp3) is 0.417. The molecule has 1 aliphatic rings. The van der Waals surface area contributed by atoms with Gasteiger partial charge in [0.1, 0.15) is 11.4 Å². The maximum absolute atomic E-state index is 13.0. The van der Waals surface area contributed by atoms with Crippen molar-refractivity contribution in [3.05, 3.63) is 53.9 Å². The average Bonchev–Trinajstić information content (AvgIpc) is 2.83. The molecule has 1 aromatic carbocycles. The Labute approximate surface area is 200 Å². The number of aromatic nitrogens is 1. The summed E-state index contributed by atoms with van der Waals surface area (Å²) in [6.07, 6.45) is 4.84. The van der Waals surface area contributed by atoms with Gasteiger partial charge in [0.25, 0.3) is 11.8 Å². The minimum atomic E-state index is -0.478. The van der Waals surface area contributed by atoms with Crippen LogP contribution >= 0.6 is 12.2 Å². The molecular formula is C24H31N5O3S. The van der Waals surface area contributed by atoms with E-state index in [0.29, 0.717) is 19.7 Å². The fourth-order valence-corrected chi connectivity index (χ4v) is 3.64. The summed E-state index contributed by atoms with van der Waals surface area (Å²) < 4.78 is 5.71. The number of nitrogens with one attached hydrogen (secondary N) is 2. The highest BCUT2D eigenvalue weighted by molar-refractivity contribution is 7.80. The number of carbonyl (C=O) groups excluding carboxylic acids is 2. The Morgan fingerprint density at radius 2 is 1.82 bits per heavy atom. The van der Waals surface area contributed by atoms with E-state index in [2.05, 4.69) is 27.4 Å². The van der Waals surface area contributed by atoms with Gasteiger partial charge in [0.05, 0.1) is 12.2 Å². The molecule has 2 amide bonds. The summed E-state index contributed by atoms with van der Waals surface area (Å²) in [5.41, 5.74) is 1.05. The third-order valence-electron chi connectivity index (χ3n) is 5.40. The van der Waals surface area contributed by atoms with Crippen LogP contribution in [0.3, 0.4) is 0 Å². The Morgan fingerprint density at radius 3 is 2.52 bits per heavy atom. The molecule has 2 aromatic rings. The van der Waals surface area contributed by atoms with Crippen LogP contribution in [0.15, 0.2) is 42.6 Å². The Hall–Kier alpha value is -3.04. The maximum atomic E-state index is 13.0. The van der Waals surface area contributed by atoms with Gasteiger partial charge in [-0.15, -0.1) is 0 Å². The van der Waals surface area contributed by atoms with Gasteiger partial charge in [0.15, 0.2) is 5.11 Å². The van der Waals surface area contributed by atoms with Crippen molar-refractivity contribution in [1.29, 1.82) is 0 Å². The third-order valence-corrected chi connectivity index (χ3v) is 5.61. The molecule has 33 heavy (non-hydrogen) atoms. The molecule has 0 radical (unpaired) electrons. The number of benzene rings is 1. The molecule has 0 aliphatic carbocycles. The van der Waals surface area contributed by atoms with Crippen molar-refractivity contribution in [3.63, 3.8) is 0 Å². The van der Waals surface area contributed by atoms with Crippen LogP contribution in [0, 0.1) is 0 Å². The number of nitrogens with zero attached hydrogens (tertiary/aromatic N) is 3. The van der Waals surface area contributed by atoms with Crippen LogP contribution in [0.4, 0.5) is 5.69 Å². The molecule has 8 nitrogen and oxygen atoms in total. The molecular weight excluding hydrogens is 438 g/mol. The third kappa shape index (κ3) is 7.23. The summed E-state index contributed by atoms with van der Waals surface area (Å²) in [6.45, 7) is 5.63. The second-order valence-electron chi connectivity index (χ2n) is 7.98. The quantitative estimate of drug-likeness (QED) is 0.454. The second kappa shape index (κ2) is 12.3. The number of piperazine rings is 1. The molecule has 1 saturated heterocycles. The van der Waals surface area contributed by atoms with E-state index in [4.69, 9.17) is 17.0 Å². The van der Waals surface area contributed by atoms with Crippen molar-refractivity contribution < 1.29 is 14.3 Å². The van der Waals surface area contributed by atoms with Crippen LogP contribution in [-0.4, -0.2) is 71.5 Å². The predicted molar refractivity (Wildman–Crippen MR) is 133 cm³/mol. The number of pyridine rings is 1. The zero-order valence-electron chi connectivity index (χ0n) is 19.2. The fourth-order valence-electron chi connectivity index (χ4n) is 3.43. The van der Waals surface area contributed by atoms with Crippen LogP contribution in [0.25, 0.3) is 0 Å². The molecule has 1 fully saturated rings. The number of amides is 2. The van der Waals surface area contributed by atoms with Crippen molar-refractivity contribution in [3.8, 4) is 5.75 Å². The van der Waals surface area contributed by atoms with E-state index in [1.807, 2.05) is 31.3 Å². The van der Waals surface area contributed by atoms with Gasteiger partial charge in [0.2, 0.25) is 0 Å². The number of rotatable bonds is 8. The number of ether oxygens (including phenoxy) is 1. The van der Waals surface area contributed by atoms with E-state index in [1.165, 1.54) is 6.20 Å². The lowest BCUT2D eigenvalue weighted by Gasteiger charge is -2.32. The van der Waals surface area contributed by atoms with Gasteiger partial charge in [-0.05, 0) is 62.1 Å². The predicted octanol–water partition coefficient (Wildman–Crippen LogP) is 3.17. The molecule has 1 aromatic heterocycles. The highest BCUT2D eigenvalue weighted by atomic mass is 32.1. The van der Waals surface area contributed by atoms with Crippen LogP contribution in [0.5, 0.6) is 5.75 Å². The molecule has 0 saturated carbocycles. The normalized spacial score (nSPS) is 13.9. The smallest absolute Gasteiger partial charge is 0.273 e. The van der Waals surface area contributed by atoms with Gasteiger partial charge in [-0.1, -0.05) is 19.8 Å². The van der Waals surface area contributed by atoms with Crippen molar-refractivity contribution in [2.24, 2.45) is 0 Å². The van der Waals surface area contributed by atoms with E-state index in [-0.39, 0.29) is 22.3 Å². The summed E-state index contributed by atoms with van der Waals surface area (Å²) >= 11 is 5.30. The summed E-state index contributed by atoms with van der Waals surface area (Å²) in [4.78, 5) is 33.9. The second-order valence-corrected chi connectivity index (χ2v) is 8.39. The topological polar surface area (TPSA) is 86.8 Å². The van der Waals surface area contributed by atoms with E-state index in [1.54, 1.807) is 17.0 Å². The lowest BCUT2D eigenvalue weighted by atomic mass is 10.1. The molecule has 0 bridgehead atoms. The Bertz CT molecular complexity index is 959. The van der Waals surface area contributed by atoms with Gasteiger partial charge in [-0.3, -0.25) is 19.9 Å². The molecule has 0 atom stereocenters. The van der Waals surface area contributed by atoms with Crippen LogP contribution < -0.4 is 15.4 Å². The lowest BCUT2D eigenvalue weighted by molar-refractivity contribution is 0.0654. The van der Waals surface area contributed by atoms with Crippen molar-refractivity contribution >= 4 is 34.8 Å². The standard InChI is InChI=1S/C24H31N5O3S/c1-3-4-5-17-32-19-10-8-18(9-11-19)26-24(33)27-22(30)20-7-6-12-25-21(20)23(31)29-15-13-28(2)14-16-29/h6-12H,3-5,13-17H2,1-2H3,(H2,26,27,30,33). The number of unbranched alkanes of at least 4 members (excludes halogenated alkanes) is 2. The highest BCUT2D eigenvalue weighted by Crippen LogP contribution is 2.16. The number of hydrogen-bond donors (Lipinski definition) is 2. The summed E-state index contributed by atoms with van der Waals surface area (Å²) in [6, 6.07) is 10.6.